The highest BCUT2D eigenvalue weighted by molar-refractivity contribution is 5.94. The Morgan fingerprint density at radius 2 is 1.64 bits per heavy atom. The van der Waals surface area contributed by atoms with Gasteiger partial charge in [-0.25, -0.2) is 4.98 Å². The van der Waals surface area contributed by atoms with Gasteiger partial charge in [-0.1, -0.05) is 43.2 Å². The molecule has 0 unspecified atom stereocenters. The SMILES string of the molecule is O=C(c1ccnc(N2CCC(Cc3ccccc3)CC2)c1)N1CCCCCC1. The van der Waals surface area contributed by atoms with E-state index in [1.54, 1.807) is 6.20 Å². The summed E-state index contributed by atoms with van der Waals surface area (Å²) in [5, 5.41) is 0. The number of piperidine rings is 1. The molecule has 1 aromatic heterocycles. The lowest BCUT2D eigenvalue weighted by Gasteiger charge is -2.33. The average molecular weight is 378 g/mol. The molecule has 28 heavy (non-hydrogen) atoms. The van der Waals surface area contributed by atoms with Crippen molar-refractivity contribution in [3.05, 3.63) is 59.8 Å². The molecule has 2 aromatic rings. The van der Waals surface area contributed by atoms with Crippen molar-refractivity contribution in [2.45, 2.75) is 44.9 Å². The summed E-state index contributed by atoms with van der Waals surface area (Å²) in [4.78, 5) is 21.9. The fraction of sp³-hybridized carbons (Fsp3) is 0.500. The van der Waals surface area contributed by atoms with Crippen LogP contribution >= 0.6 is 0 Å². The summed E-state index contributed by atoms with van der Waals surface area (Å²) in [6, 6.07) is 14.7. The summed E-state index contributed by atoms with van der Waals surface area (Å²) in [5.74, 6) is 1.86. The minimum atomic E-state index is 0.171. The van der Waals surface area contributed by atoms with Crippen LogP contribution in [0.15, 0.2) is 48.7 Å². The zero-order chi connectivity index (χ0) is 19.2. The Balaban J connectivity index is 1.36. The maximum absolute atomic E-state index is 12.9. The first-order chi connectivity index (χ1) is 13.8. The van der Waals surface area contributed by atoms with E-state index in [9.17, 15) is 4.79 Å². The molecule has 2 aliphatic heterocycles. The number of aromatic nitrogens is 1. The van der Waals surface area contributed by atoms with Crippen molar-refractivity contribution >= 4 is 11.7 Å². The maximum Gasteiger partial charge on any atom is 0.254 e. The van der Waals surface area contributed by atoms with Crippen LogP contribution in [0, 0.1) is 5.92 Å². The third kappa shape index (κ3) is 4.73. The average Bonchev–Trinajstić information content (AvgIpc) is 3.04. The largest absolute Gasteiger partial charge is 0.357 e. The topological polar surface area (TPSA) is 36.4 Å². The van der Waals surface area contributed by atoms with E-state index in [4.69, 9.17) is 0 Å². The van der Waals surface area contributed by atoms with Crippen LogP contribution in [-0.4, -0.2) is 42.0 Å². The van der Waals surface area contributed by atoms with Gasteiger partial charge in [-0.15, -0.1) is 0 Å². The van der Waals surface area contributed by atoms with Crippen molar-refractivity contribution in [1.82, 2.24) is 9.88 Å². The first-order valence-corrected chi connectivity index (χ1v) is 10.8. The number of anilines is 1. The van der Waals surface area contributed by atoms with Crippen molar-refractivity contribution in [1.29, 1.82) is 0 Å². The van der Waals surface area contributed by atoms with E-state index < -0.39 is 0 Å². The smallest absolute Gasteiger partial charge is 0.254 e. The van der Waals surface area contributed by atoms with E-state index in [1.165, 1.54) is 31.2 Å². The number of rotatable bonds is 4. The molecule has 1 aromatic carbocycles. The standard InChI is InChI=1S/C24H31N3O/c28-24(27-14-6-1-2-7-15-27)22-10-13-25-23(19-22)26-16-11-21(12-17-26)18-20-8-4-3-5-9-20/h3-5,8-10,13,19,21H,1-2,6-7,11-12,14-18H2. The van der Waals surface area contributed by atoms with Gasteiger partial charge in [0.15, 0.2) is 0 Å². The Morgan fingerprint density at radius 3 is 2.36 bits per heavy atom. The number of hydrogen-bond donors (Lipinski definition) is 0. The third-order valence-electron chi connectivity index (χ3n) is 6.19. The Kier molecular flexibility index (Phi) is 6.25. The first-order valence-electron chi connectivity index (χ1n) is 10.8. The lowest BCUT2D eigenvalue weighted by atomic mass is 9.90. The third-order valence-corrected chi connectivity index (χ3v) is 6.19. The summed E-state index contributed by atoms with van der Waals surface area (Å²) < 4.78 is 0. The zero-order valence-corrected chi connectivity index (χ0v) is 16.7. The van der Waals surface area contributed by atoms with Gasteiger partial charge in [-0.3, -0.25) is 4.79 Å². The zero-order valence-electron chi connectivity index (χ0n) is 16.7. The fourth-order valence-corrected chi connectivity index (χ4v) is 4.49. The molecular formula is C24H31N3O. The molecule has 0 atom stereocenters. The van der Waals surface area contributed by atoms with Crippen LogP contribution in [0.25, 0.3) is 0 Å². The molecule has 0 bridgehead atoms. The summed E-state index contributed by atoms with van der Waals surface area (Å²) in [6.45, 7) is 3.82. The Labute approximate surface area is 168 Å². The number of carbonyl (C=O) groups is 1. The Morgan fingerprint density at radius 1 is 0.929 bits per heavy atom. The predicted octanol–water partition coefficient (Wildman–Crippen LogP) is 4.56. The van der Waals surface area contributed by atoms with E-state index in [1.807, 2.05) is 17.0 Å². The second-order valence-corrected chi connectivity index (χ2v) is 8.23. The van der Waals surface area contributed by atoms with Crippen LogP contribution in [0.4, 0.5) is 5.82 Å². The number of carbonyl (C=O) groups excluding carboxylic acids is 1. The molecule has 0 radical (unpaired) electrons. The molecule has 0 N–H and O–H groups in total. The first kappa shape index (κ1) is 19.0. The lowest BCUT2D eigenvalue weighted by molar-refractivity contribution is 0.0761. The number of nitrogens with zero attached hydrogens (tertiary/aromatic N) is 3. The molecule has 148 valence electrons. The summed E-state index contributed by atoms with van der Waals surface area (Å²) in [5.41, 5.74) is 2.22. The van der Waals surface area contributed by atoms with Gasteiger partial charge >= 0.3 is 0 Å². The molecule has 2 saturated heterocycles. The molecule has 4 heteroatoms. The van der Waals surface area contributed by atoms with Gasteiger partial charge in [-0.2, -0.15) is 0 Å². The van der Waals surface area contributed by atoms with Crippen LogP contribution in [0.1, 0.15) is 54.4 Å². The highest BCUT2D eigenvalue weighted by Gasteiger charge is 2.22. The van der Waals surface area contributed by atoms with Crippen molar-refractivity contribution in [2.75, 3.05) is 31.1 Å². The lowest BCUT2D eigenvalue weighted by Crippen LogP contribution is -2.35. The number of amides is 1. The Hall–Kier alpha value is -2.36. The number of benzene rings is 1. The van der Waals surface area contributed by atoms with Crippen molar-refractivity contribution in [3.8, 4) is 0 Å². The molecule has 2 aliphatic rings. The number of pyridine rings is 1. The van der Waals surface area contributed by atoms with Gasteiger partial charge in [0.1, 0.15) is 5.82 Å². The molecule has 0 spiro atoms. The van der Waals surface area contributed by atoms with Gasteiger partial charge in [0, 0.05) is 37.9 Å². The molecule has 0 saturated carbocycles. The van der Waals surface area contributed by atoms with Gasteiger partial charge in [0.2, 0.25) is 0 Å². The fourth-order valence-electron chi connectivity index (χ4n) is 4.49. The number of hydrogen-bond acceptors (Lipinski definition) is 3. The van der Waals surface area contributed by atoms with Crippen molar-refractivity contribution in [3.63, 3.8) is 0 Å². The highest BCUT2D eigenvalue weighted by atomic mass is 16.2. The van der Waals surface area contributed by atoms with Gasteiger partial charge < -0.3 is 9.80 Å². The molecule has 0 aliphatic carbocycles. The van der Waals surface area contributed by atoms with Crippen molar-refractivity contribution < 1.29 is 4.79 Å². The van der Waals surface area contributed by atoms with Crippen molar-refractivity contribution in [2.24, 2.45) is 5.92 Å². The highest BCUT2D eigenvalue weighted by Crippen LogP contribution is 2.25. The summed E-state index contributed by atoms with van der Waals surface area (Å²) in [6.07, 6.45) is 10.1. The molecule has 2 fully saturated rings. The van der Waals surface area contributed by atoms with E-state index in [2.05, 4.69) is 40.2 Å². The molecule has 4 rings (SSSR count). The van der Waals surface area contributed by atoms with E-state index in [0.717, 1.165) is 62.7 Å². The van der Waals surface area contributed by atoms with Gasteiger partial charge in [-0.05, 0) is 55.7 Å². The molecule has 1 amide bonds. The van der Waals surface area contributed by atoms with Crippen LogP contribution in [-0.2, 0) is 6.42 Å². The van der Waals surface area contributed by atoms with Crippen LogP contribution in [0.3, 0.4) is 0 Å². The van der Waals surface area contributed by atoms with Crippen LogP contribution in [0.2, 0.25) is 0 Å². The number of likely N-dealkylation sites (tertiary alicyclic amines) is 1. The van der Waals surface area contributed by atoms with Crippen LogP contribution in [0.5, 0.6) is 0 Å². The molecule has 3 heterocycles. The maximum atomic E-state index is 12.9. The minimum Gasteiger partial charge on any atom is -0.357 e. The van der Waals surface area contributed by atoms with Gasteiger partial charge in [0.25, 0.3) is 5.91 Å². The van der Waals surface area contributed by atoms with E-state index >= 15 is 0 Å². The molecule has 4 nitrogen and oxygen atoms in total. The van der Waals surface area contributed by atoms with Crippen LogP contribution < -0.4 is 4.90 Å². The van der Waals surface area contributed by atoms with Gasteiger partial charge in [0.05, 0.1) is 0 Å². The van der Waals surface area contributed by atoms with E-state index in [-0.39, 0.29) is 5.91 Å². The quantitative estimate of drug-likeness (QED) is 0.784. The second kappa shape index (κ2) is 9.22. The predicted molar refractivity (Wildman–Crippen MR) is 114 cm³/mol. The molecular weight excluding hydrogens is 346 g/mol. The summed E-state index contributed by atoms with van der Waals surface area (Å²) in [7, 11) is 0. The van der Waals surface area contributed by atoms with E-state index in [0.29, 0.717) is 0 Å². The Bertz CT molecular complexity index is 760. The minimum absolute atomic E-state index is 0.171. The second-order valence-electron chi connectivity index (χ2n) is 8.23. The normalized spacial score (nSPS) is 18.7. The summed E-state index contributed by atoms with van der Waals surface area (Å²) >= 11 is 0. The monoisotopic (exact) mass is 377 g/mol.